The van der Waals surface area contributed by atoms with Gasteiger partial charge in [0, 0.05) is 29.9 Å². The molecule has 5 nitrogen and oxygen atoms in total. The zero-order chi connectivity index (χ0) is 19.6. The topological polar surface area (TPSA) is 65.2 Å². The standard InChI is InChI=1S/C21H22FN3O2/c1-21(2,20(27)25(3)16-7-5-4-6-8-16)24-15-9-10-17-14(13-22)11-19(26)23-18(17)12-15/h4-12,24H,13H2,1-3H3,(H,23,26). The number of hydrogen-bond donors (Lipinski definition) is 2. The molecule has 3 aromatic rings. The third-order valence-corrected chi connectivity index (χ3v) is 4.51. The third kappa shape index (κ3) is 3.84. The van der Waals surface area contributed by atoms with Crippen molar-refractivity contribution < 1.29 is 9.18 Å². The van der Waals surface area contributed by atoms with E-state index in [4.69, 9.17) is 0 Å². The molecule has 0 fully saturated rings. The van der Waals surface area contributed by atoms with E-state index in [1.165, 1.54) is 6.07 Å². The highest BCUT2D eigenvalue weighted by atomic mass is 19.1. The molecule has 2 N–H and O–H groups in total. The number of aromatic amines is 1. The first-order chi connectivity index (χ1) is 12.8. The molecular formula is C21H22FN3O2. The van der Waals surface area contributed by atoms with Gasteiger partial charge in [0.25, 0.3) is 5.91 Å². The van der Waals surface area contributed by atoms with Crippen molar-refractivity contribution in [1.82, 2.24) is 4.98 Å². The number of hydrogen-bond acceptors (Lipinski definition) is 3. The lowest BCUT2D eigenvalue weighted by Crippen LogP contribution is -2.48. The summed E-state index contributed by atoms with van der Waals surface area (Å²) in [5.41, 5.74) is 1.09. The van der Waals surface area contributed by atoms with Crippen molar-refractivity contribution in [3.8, 4) is 0 Å². The van der Waals surface area contributed by atoms with Crippen LogP contribution in [0.15, 0.2) is 59.4 Å². The molecule has 140 valence electrons. The molecule has 0 atom stereocenters. The molecule has 0 aliphatic heterocycles. The fourth-order valence-corrected chi connectivity index (χ4v) is 3.12. The second-order valence-electron chi connectivity index (χ2n) is 7.00. The van der Waals surface area contributed by atoms with Crippen LogP contribution in [0.4, 0.5) is 15.8 Å². The van der Waals surface area contributed by atoms with Gasteiger partial charge in [0.15, 0.2) is 0 Å². The predicted octanol–water partition coefficient (Wildman–Crippen LogP) is 3.85. The molecular weight excluding hydrogens is 345 g/mol. The van der Waals surface area contributed by atoms with Crippen LogP contribution in [0.2, 0.25) is 0 Å². The second kappa shape index (κ2) is 7.23. The summed E-state index contributed by atoms with van der Waals surface area (Å²) < 4.78 is 13.1. The number of fused-ring (bicyclic) bond motifs is 1. The first-order valence-electron chi connectivity index (χ1n) is 8.65. The van der Waals surface area contributed by atoms with Crippen LogP contribution in [0, 0.1) is 0 Å². The fraction of sp³-hybridized carbons (Fsp3) is 0.238. The normalized spacial score (nSPS) is 11.4. The molecule has 1 heterocycles. The van der Waals surface area contributed by atoms with Crippen LogP contribution < -0.4 is 15.8 Å². The van der Waals surface area contributed by atoms with Crippen LogP contribution in [0.1, 0.15) is 19.4 Å². The van der Waals surface area contributed by atoms with Crippen molar-refractivity contribution in [3.05, 3.63) is 70.5 Å². The van der Waals surface area contributed by atoms with Crippen molar-refractivity contribution in [2.24, 2.45) is 0 Å². The number of aromatic nitrogens is 1. The van der Waals surface area contributed by atoms with Gasteiger partial charge in [0.2, 0.25) is 5.56 Å². The lowest BCUT2D eigenvalue weighted by atomic mass is 10.0. The number of H-pyrrole nitrogens is 1. The van der Waals surface area contributed by atoms with Gasteiger partial charge in [-0.1, -0.05) is 24.3 Å². The smallest absolute Gasteiger partial charge is 0.251 e. The monoisotopic (exact) mass is 367 g/mol. The predicted molar refractivity (Wildman–Crippen MR) is 107 cm³/mol. The molecule has 3 rings (SSSR count). The van der Waals surface area contributed by atoms with Crippen molar-refractivity contribution in [3.63, 3.8) is 0 Å². The van der Waals surface area contributed by atoms with Crippen molar-refractivity contribution in [2.75, 3.05) is 17.3 Å². The Hall–Kier alpha value is -3.15. The maximum atomic E-state index is 13.1. The molecule has 1 aromatic heterocycles. The van der Waals surface area contributed by atoms with Gasteiger partial charge in [-0.05, 0) is 43.7 Å². The zero-order valence-electron chi connectivity index (χ0n) is 15.5. The number of rotatable bonds is 5. The molecule has 2 aromatic carbocycles. The number of carbonyl (C=O) groups excluding carboxylic acids is 1. The van der Waals surface area contributed by atoms with Crippen molar-refractivity contribution in [2.45, 2.75) is 26.1 Å². The van der Waals surface area contributed by atoms with Crippen LogP contribution in [-0.4, -0.2) is 23.5 Å². The molecule has 6 heteroatoms. The number of para-hydroxylation sites is 1. The molecule has 0 bridgehead atoms. The summed E-state index contributed by atoms with van der Waals surface area (Å²) in [7, 11) is 1.73. The van der Waals surface area contributed by atoms with E-state index in [1.807, 2.05) is 30.3 Å². The Labute approximate surface area is 156 Å². The Morgan fingerprint density at radius 1 is 1.15 bits per heavy atom. The average Bonchev–Trinajstić information content (AvgIpc) is 2.66. The molecule has 1 amide bonds. The Balaban J connectivity index is 1.89. The number of pyridine rings is 1. The SMILES string of the molecule is CN(C(=O)C(C)(C)Nc1ccc2c(CF)cc(=O)[nH]c2c1)c1ccccc1. The number of halogens is 1. The highest BCUT2D eigenvalue weighted by Gasteiger charge is 2.31. The van der Waals surface area contributed by atoms with E-state index in [-0.39, 0.29) is 11.5 Å². The highest BCUT2D eigenvalue weighted by Crippen LogP contribution is 2.24. The maximum absolute atomic E-state index is 13.1. The lowest BCUT2D eigenvalue weighted by molar-refractivity contribution is -0.121. The Kier molecular flexibility index (Phi) is 4.99. The van der Waals surface area contributed by atoms with E-state index >= 15 is 0 Å². The van der Waals surface area contributed by atoms with Crippen LogP contribution in [0.3, 0.4) is 0 Å². The lowest BCUT2D eigenvalue weighted by Gasteiger charge is -2.31. The van der Waals surface area contributed by atoms with Crippen molar-refractivity contribution in [1.29, 1.82) is 0 Å². The highest BCUT2D eigenvalue weighted by molar-refractivity contribution is 6.01. The molecule has 0 saturated carbocycles. The molecule has 0 aliphatic rings. The Morgan fingerprint density at radius 2 is 1.85 bits per heavy atom. The van der Waals surface area contributed by atoms with Crippen molar-refractivity contribution >= 4 is 28.2 Å². The van der Waals surface area contributed by atoms with E-state index in [0.717, 1.165) is 5.69 Å². The summed E-state index contributed by atoms with van der Waals surface area (Å²) in [6.45, 7) is 2.87. The number of amides is 1. The molecule has 27 heavy (non-hydrogen) atoms. The summed E-state index contributed by atoms with van der Waals surface area (Å²) in [4.78, 5) is 29.0. The van der Waals surface area contributed by atoms with E-state index in [1.54, 1.807) is 44.0 Å². The number of carbonyl (C=O) groups is 1. The van der Waals surface area contributed by atoms with Gasteiger partial charge in [-0.25, -0.2) is 4.39 Å². The fourth-order valence-electron chi connectivity index (χ4n) is 3.12. The minimum absolute atomic E-state index is 0.111. The van der Waals surface area contributed by atoms with E-state index in [0.29, 0.717) is 22.2 Å². The van der Waals surface area contributed by atoms with E-state index < -0.39 is 12.2 Å². The van der Waals surface area contributed by atoms with Gasteiger partial charge >= 0.3 is 0 Å². The minimum Gasteiger partial charge on any atom is -0.372 e. The number of alkyl halides is 1. The summed E-state index contributed by atoms with van der Waals surface area (Å²) in [5.74, 6) is -0.111. The number of nitrogens with zero attached hydrogens (tertiary/aromatic N) is 1. The molecule has 0 aliphatic carbocycles. The van der Waals surface area contributed by atoms with Crippen LogP contribution in [-0.2, 0) is 11.5 Å². The van der Waals surface area contributed by atoms with Gasteiger partial charge in [-0.15, -0.1) is 0 Å². The summed E-state index contributed by atoms with van der Waals surface area (Å²) >= 11 is 0. The number of anilines is 2. The Bertz CT molecular complexity index is 1030. The average molecular weight is 367 g/mol. The van der Waals surface area contributed by atoms with Crippen LogP contribution >= 0.6 is 0 Å². The van der Waals surface area contributed by atoms with Gasteiger partial charge in [0.05, 0.1) is 5.52 Å². The first-order valence-corrected chi connectivity index (χ1v) is 8.65. The largest absolute Gasteiger partial charge is 0.372 e. The van der Waals surface area contributed by atoms with Gasteiger partial charge < -0.3 is 15.2 Å². The van der Waals surface area contributed by atoms with Gasteiger partial charge in [0.1, 0.15) is 12.2 Å². The number of nitrogens with one attached hydrogen (secondary N) is 2. The summed E-state index contributed by atoms with van der Waals surface area (Å²) in [5, 5.41) is 3.86. The molecule has 0 saturated heterocycles. The third-order valence-electron chi connectivity index (χ3n) is 4.51. The van der Waals surface area contributed by atoms with Gasteiger partial charge in [-0.2, -0.15) is 0 Å². The number of benzene rings is 2. The maximum Gasteiger partial charge on any atom is 0.251 e. The quantitative estimate of drug-likeness (QED) is 0.720. The summed E-state index contributed by atoms with van der Waals surface area (Å²) in [6, 6.07) is 15.9. The van der Waals surface area contributed by atoms with E-state index in [2.05, 4.69) is 10.3 Å². The van der Waals surface area contributed by atoms with Gasteiger partial charge in [-0.3, -0.25) is 9.59 Å². The summed E-state index contributed by atoms with van der Waals surface area (Å²) in [6.07, 6.45) is 0. The zero-order valence-corrected chi connectivity index (χ0v) is 15.5. The number of likely N-dealkylation sites (N-methyl/N-ethyl adjacent to an activating group) is 1. The molecule has 0 spiro atoms. The van der Waals surface area contributed by atoms with Crippen LogP contribution in [0.25, 0.3) is 10.9 Å². The molecule has 0 radical (unpaired) electrons. The Morgan fingerprint density at radius 3 is 2.52 bits per heavy atom. The van der Waals surface area contributed by atoms with E-state index in [9.17, 15) is 14.0 Å². The molecule has 0 unspecified atom stereocenters. The minimum atomic E-state index is -0.893. The first kappa shape index (κ1) is 18.6. The van der Waals surface area contributed by atoms with Crippen LogP contribution in [0.5, 0.6) is 0 Å². The second-order valence-corrected chi connectivity index (χ2v) is 7.00.